The highest BCUT2D eigenvalue weighted by Gasteiger charge is 2.51. The molecule has 0 spiro atoms. The van der Waals surface area contributed by atoms with E-state index in [1.807, 2.05) is 25.1 Å². The number of benzene rings is 1. The van der Waals surface area contributed by atoms with Crippen LogP contribution in [0.25, 0.3) is 0 Å². The first-order valence-electron chi connectivity index (χ1n) is 7.94. The number of hydrogen-bond acceptors (Lipinski definition) is 5. The number of methoxy groups -OCH3 is 1. The highest BCUT2D eigenvalue weighted by atomic mass is 79.9. The minimum atomic E-state index is -0.969. The number of allylic oxidation sites excluding steroid dienone is 2. The largest absolute Gasteiger partial charge is 0.487 e. The number of carbonyl (C=O) groups is 1. The van der Waals surface area contributed by atoms with Crippen molar-refractivity contribution in [3.63, 3.8) is 0 Å². The van der Waals surface area contributed by atoms with Crippen LogP contribution in [0.2, 0.25) is 0 Å². The van der Waals surface area contributed by atoms with E-state index in [1.54, 1.807) is 14.0 Å². The smallest absolute Gasteiger partial charge is 0.161 e. The van der Waals surface area contributed by atoms with Gasteiger partial charge in [0.2, 0.25) is 0 Å². The first-order valence-corrected chi connectivity index (χ1v) is 8.74. The maximum absolute atomic E-state index is 11.5. The van der Waals surface area contributed by atoms with E-state index in [4.69, 9.17) is 14.2 Å². The van der Waals surface area contributed by atoms with E-state index in [0.29, 0.717) is 24.4 Å². The zero-order valence-corrected chi connectivity index (χ0v) is 15.5. The van der Waals surface area contributed by atoms with Crippen molar-refractivity contribution in [1.82, 2.24) is 0 Å². The van der Waals surface area contributed by atoms with Crippen LogP contribution in [0.3, 0.4) is 0 Å². The van der Waals surface area contributed by atoms with Crippen LogP contribution in [0.15, 0.2) is 34.5 Å². The molecule has 1 N–H and O–H groups in total. The Morgan fingerprint density at radius 1 is 1.42 bits per heavy atom. The summed E-state index contributed by atoms with van der Waals surface area (Å²) in [5.74, 6) is 1.29. The van der Waals surface area contributed by atoms with Gasteiger partial charge < -0.3 is 19.3 Å². The van der Waals surface area contributed by atoms with Crippen LogP contribution in [0.5, 0.6) is 5.75 Å². The van der Waals surface area contributed by atoms with E-state index >= 15 is 0 Å². The number of halogens is 1. The van der Waals surface area contributed by atoms with Crippen molar-refractivity contribution in [2.75, 3.05) is 7.11 Å². The van der Waals surface area contributed by atoms with Crippen molar-refractivity contribution in [1.29, 1.82) is 0 Å². The van der Waals surface area contributed by atoms with Gasteiger partial charge in [0.15, 0.2) is 17.5 Å². The minimum Gasteiger partial charge on any atom is -0.487 e. The average Bonchev–Trinajstić information content (AvgIpc) is 2.97. The molecule has 0 radical (unpaired) electrons. The van der Waals surface area contributed by atoms with E-state index in [1.165, 1.54) is 6.08 Å². The van der Waals surface area contributed by atoms with E-state index in [0.717, 1.165) is 10.0 Å². The summed E-state index contributed by atoms with van der Waals surface area (Å²) in [5, 5.41) is 11.0. The average molecular weight is 397 g/mol. The summed E-state index contributed by atoms with van der Waals surface area (Å²) in [6, 6.07) is 5.60. The van der Waals surface area contributed by atoms with Crippen LogP contribution in [-0.2, 0) is 14.3 Å². The highest BCUT2D eigenvalue weighted by molar-refractivity contribution is 9.10. The Balaban J connectivity index is 2.02. The fraction of sp³-hybridized carbons (Fsp3) is 0.500. The van der Waals surface area contributed by atoms with Gasteiger partial charge in [-0.2, -0.15) is 0 Å². The molecular weight excluding hydrogens is 376 g/mol. The fourth-order valence-electron chi connectivity index (χ4n) is 3.11. The van der Waals surface area contributed by atoms with E-state index in [9.17, 15) is 9.90 Å². The summed E-state index contributed by atoms with van der Waals surface area (Å²) < 4.78 is 18.4. The lowest BCUT2D eigenvalue weighted by molar-refractivity contribution is -0.175. The minimum absolute atomic E-state index is 0.0500. The second-order valence-electron chi connectivity index (χ2n) is 6.41. The first kappa shape index (κ1) is 17.5. The molecule has 6 heteroatoms. The first-order chi connectivity index (χ1) is 11.3. The molecule has 0 saturated heterocycles. The number of fused-ring (bicyclic) bond motifs is 1. The van der Waals surface area contributed by atoms with Crippen molar-refractivity contribution >= 4 is 21.7 Å². The van der Waals surface area contributed by atoms with Crippen molar-refractivity contribution < 1.29 is 24.1 Å². The van der Waals surface area contributed by atoms with Crippen molar-refractivity contribution in [3.8, 4) is 5.75 Å². The van der Waals surface area contributed by atoms with Crippen LogP contribution >= 0.6 is 15.9 Å². The van der Waals surface area contributed by atoms with Gasteiger partial charge in [0.25, 0.3) is 0 Å². The molecule has 4 atom stereocenters. The van der Waals surface area contributed by atoms with E-state index in [-0.39, 0.29) is 11.9 Å². The Labute approximate surface area is 149 Å². The Morgan fingerprint density at radius 2 is 2.17 bits per heavy atom. The molecule has 24 heavy (non-hydrogen) atoms. The quantitative estimate of drug-likeness (QED) is 0.845. The molecule has 5 nitrogen and oxygen atoms in total. The third-order valence-electron chi connectivity index (χ3n) is 4.86. The van der Waals surface area contributed by atoms with Crippen LogP contribution in [0.1, 0.15) is 38.4 Å². The molecule has 3 rings (SSSR count). The Morgan fingerprint density at radius 3 is 2.79 bits per heavy atom. The zero-order chi connectivity index (χ0) is 17.5. The molecule has 0 aromatic heterocycles. The van der Waals surface area contributed by atoms with Gasteiger partial charge in [-0.1, -0.05) is 15.9 Å². The van der Waals surface area contributed by atoms with Gasteiger partial charge in [-0.15, -0.1) is 0 Å². The van der Waals surface area contributed by atoms with Gasteiger partial charge in [-0.3, -0.25) is 4.79 Å². The van der Waals surface area contributed by atoms with E-state index in [2.05, 4.69) is 15.9 Å². The van der Waals surface area contributed by atoms with Gasteiger partial charge in [-0.05, 0) is 32.0 Å². The van der Waals surface area contributed by atoms with Crippen molar-refractivity contribution in [2.45, 2.75) is 50.6 Å². The maximum atomic E-state index is 11.5. The molecule has 1 heterocycles. The van der Waals surface area contributed by atoms with Crippen LogP contribution in [0.4, 0.5) is 0 Å². The maximum Gasteiger partial charge on any atom is 0.161 e. The summed E-state index contributed by atoms with van der Waals surface area (Å²) in [4.78, 5) is 11.5. The monoisotopic (exact) mass is 396 g/mol. The van der Waals surface area contributed by atoms with Crippen LogP contribution in [-0.4, -0.2) is 35.8 Å². The summed E-state index contributed by atoms with van der Waals surface area (Å²) >= 11 is 3.45. The Hall–Kier alpha value is -1.37. The standard InChI is InChI=1S/C18H21BrO5/c1-10(22-3)18(2)17(21)16(23-13-6-5-12(20)9-13)14-8-11(19)4-7-15(14)24-18/h4,7-10,16-17,21H,5-6H2,1-3H3. The lowest BCUT2D eigenvalue weighted by Crippen LogP contribution is -2.58. The number of hydrogen-bond donors (Lipinski definition) is 1. The second kappa shape index (κ2) is 6.50. The lowest BCUT2D eigenvalue weighted by Gasteiger charge is -2.46. The molecule has 0 amide bonds. The molecule has 2 aliphatic rings. The molecule has 1 aromatic rings. The Bertz CT molecular complexity index is 686. The normalized spacial score (nSPS) is 30.4. The van der Waals surface area contributed by atoms with Gasteiger partial charge in [0.1, 0.15) is 17.6 Å². The van der Waals surface area contributed by atoms with Gasteiger partial charge in [0, 0.05) is 36.1 Å². The van der Waals surface area contributed by atoms with Crippen LogP contribution < -0.4 is 4.74 Å². The predicted molar refractivity (Wildman–Crippen MR) is 91.8 cm³/mol. The number of rotatable bonds is 4. The number of ether oxygens (including phenoxy) is 3. The molecule has 4 unspecified atom stereocenters. The summed E-state index contributed by atoms with van der Waals surface area (Å²) in [5.41, 5.74) is -0.221. The van der Waals surface area contributed by atoms with Crippen LogP contribution in [0, 0.1) is 0 Å². The number of aliphatic hydroxyl groups is 1. The third-order valence-corrected chi connectivity index (χ3v) is 5.35. The zero-order valence-electron chi connectivity index (χ0n) is 13.9. The number of aliphatic hydroxyl groups excluding tert-OH is 1. The van der Waals surface area contributed by atoms with Crippen molar-refractivity contribution in [3.05, 3.63) is 40.1 Å². The second-order valence-corrected chi connectivity index (χ2v) is 7.32. The molecule has 1 aliphatic heterocycles. The highest BCUT2D eigenvalue weighted by Crippen LogP contribution is 2.46. The summed E-state index contributed by atoms with van der Waals surface area (Å²) in [7, 11) is 1.58. The molecule has 1 aromatic carbocycles. The fourth-order valence-corrected chi connectivity index (χ4v) is 3.49. The number of ketones is 1. The molecule has 1 aliphatic carbocycles. The van der Waals surface area contributed by atoms with E-state index < -0.39 is 17.8 Å². The number of carbonyl (C=O) groups excluding carboxylic acids is 1. The molecular formula is C18H21BrO5. The summed E-state index contributed by atoms with van der Waals surface area (Å²) in [6.07, 6.45) is 0.581. The predicted octanol–water partition coefficient (Wildman–Crippen LogP) is 3.30. The third kappa shape index (κ3) is 2.98. The molecule has 0 saturated carbocycles. The molecule has 0 fully saturated rings. The van der Waals surface area contributed by atoms with Gasteiger partial charge >= 0.3 is 0 Å². The molecule has 130 valence electrons. The Kier molecular flexibility index (Phi) is 4.73. The SMILES string of the molecule is COC(C)C1(C)Oc2ccc(Br)cc2C(OC2=CC(=O)CC2)C1O. The van der Waals surface area contributed by atoms with Crippen molar-refractivity contribution in [2.24, 2.45) is 0 Å². The molecule has 0 bridgehead atoms. The summed E-state index contributed by atoms with van der Waals surface area (Å²) in [6.45, 7) is 3.66. The van der Waals surface area contributed by atoms with Gasteiger partial charge in [0.05, 0.1) is 6.10 Å². The van der Waals surface area contributed by atoms with Gasteiger partial charge in [-0.25, -0.2) is 0 Å². The lowest BCUT2D eigenvalue weighted by atomic mass is 9.83. The topological polar surface area (TPSA) is 65.0 Å².